The number of carbonyl (C=O) groups is 1. The third kappa shape index (κ3) is 3.56. The minimum Gasteiger partial charge on any atom is -0.481 e. The summed E-state index contributed by atoms with van der Waals surface area (Å²) in [5, 5.41) is 9.53. The lowest BCUT2D eigenvalue weighted by Gasteiger charge is -2.32. The Labute approximate surface area is 161 Å². The van der Waals surface area contributed by atoms with Gasteiger partial charge >= 0.3 is 13.1 Å². The Hall–Kier alpha value is -2.05. The van der Waals surface area contributed by atoms with Gasteiger partial charge in [0.2, 0.25) is 0 Å². The van der Waals surface area contributed by atoms with Crippen LogP contribution in [0.1, 0.15) is 56.9 Å². The van der Waals surface area contributed by atoms with Crippen molar-refractivity contribution in [2.24, 2.45) is 0 Å². The lowest BCUT2D eigenvalue weighted by atomic mass is 9.66. The normalized spacial score (nSPS) is 19.3. The number of benzene rings is 1. The smallest absolute Gasteiger partial charge is 0.466 e. The topological polar surface area (TPSA) is 60.7 Å². The molecule has 1 atom stereocenters. The number of hydrogen-bond acceptors (Lipinski definition) is 3. The summed E-state index contributed by atoms with van der Waals surface area (Å²) in [5.74, 6) is -1.24. The van der Waals surface area contributed by atoms with Crippen molar-refractivity contribution < 1.29 is 19.2 Å². The molecule has 2 aromatic rings. The van der Waals surface area contributed by atoms with Crippen molar-refractivity contribution in [2.45, 2.75) is 65.0 Å². The van der Waals surface area contributed by atoms with Crippen LogP contribution in [-0.4, -0.2) is 34.0 Å². The quantitative estimate of drug-likeness (QED) is 0.799. The largest absolute Gasteiger partial charge is 0.481 e. The molecular weight excluding hydrogens is 341 g/mol. The number of aliphatic carboxylic acids is 1. The number of rotatable bonds is 5. The van der Waals surface area contributed by atoms with E-state index < -0.39 is 24.3 Å². The van der Waals surface area contributed by atoms with E-state index in [9.17, 15) is 9.90 Å². The van der Waals surface area contributed by atoms with Gasteiger partial charge < -0.3 is 19.0 Å². The third-order valence-corrected chi connectivity index (χ3v) is 5.88. The van der Waals surface area contributed by atoms with E-state index in [1.54, 1.807) is 0 Å². The SMILES string of the molecule is Cc1cc(C(CC(=O)O)B2OC(C)(C)C(C)(C)O2)c(C)n1-c1ccccc1. The van der Waals surface area contributed by atoms with Crippen LogP contribution >= 0.6 is 0 Å². The lowest BCUT2D eigenvalue weighted by Crippen LogP contribution is -2.41. The van der Waals surface area contributed by atoms with E-state index in [1.807, 2.05) is 71.9 Å². The van der Waals surface area contributed by atoms with Gasteiger partial charge in [0.25, 0.3) is 0 Å². The molecule has 1 aromatic heterocycles. The van der Waals surface area contributed by atoms with Crippen LogP contribution in [0, 0.1) is 13.8 Å². The molecule has 1 N–H and O–H groups in total. The van der Waals surface area contributed by atoms with Gasteiger partial charge in [0.05, 0.1) is 17.6 Å². The van der Waals surface area contributed by atoms with Crippen molar-refractivity contribution in [3.8, 4) is 5.69 Å². The molecule has 0 amide bonds. The molecule has 2 heterocycles. The molecule has 0 radical (unpaired) electrons. The van der Waals surface area contributed by atoms with Crippen LogP contribution < -0.4 is 0 Å². The molecule has 0 aliphatic carbocycles. The summed E-state index contributed by atoms with van der Waals surface area (Å²) in [6.45, 7) is 12.0. The first-order chi connectivity index (χ1) is 12.5. The summed E-state index contributed by atoms with van der Waals surface area (Å²) in [5.41, 5.74) is 3.08. The van der Waals surface area contributed by atoms with Crippen LogP contribution in [-0.2, 0) is 14.1 Å². The summed E-state index contributed by atoms with van der Waals surface area (Å²) < 4.78 is 14.5. The highest BCUT2D eigenvalue weighted by atomic mass is 16.7. The summed E-state index contributed by atoms with van der Waals surface area (Å²) in [6.07, 6.45) is -0.0457. The van der Waals surface area contributed by atoms with Gasteiger partial charge in [-0.15, -0.1) is 0 Å². The second kappa shape index (κ2) is 6.84. The van der Waals surface area contributed by atoms with E-state index >= 15 is 0 Å². The molecular formula is C21H28BNO4. The maximum Gasteiger partial charge on any atom is 0.466 e. The Balaban J connectivity index is 2.04. The monoisotopic (exact) mass is 369 g/mol. The summed E-state index contributed by atoms with van der Waals surface area (Å²) in [7, 11) is -0.601. The van der Waals surface area contributed by atoms with Gasteiger partial charge in [-0.2, -0.15) is 0 Å². The van der Waals surface area contributed by atoms with Crippen LogP contribution in [0.4, 0.5) is 0 Å². The molecule has 1 aromatic carbocycles. The second-order valence-corrected chi connectivity index (χ2v) is 8.33. The van der Waals surface area contributed by atoms with Crippen molar-refractivity contribution >= 4 is 13.1 Å². The molecule has 1 saturated heterocycles. The van der Waals surface area contributed by atoms with Gasteiger partial charge in [-0.3, -0.25) is 4.79 Å². The first-order valence-electron chi connectivity index (χ1n) is 9.35. The number of aromatic nitrogens is 1. The molecule has 0 spiro atoms. The van der Waals surface area contributed by atoms with E-state index in [2.05, 4.69) is 10.6 Å². The van der Waals surface area contributed by atoms with Gasteiger partial charge in [0, 0.05) is 22.9 Å². The van der Waals surface area contributed by atoms with Crippen molar-refractivity contribution in [1.82, 2.24) is 4.57 Å². The van der Waals surface area contributed by atoms with Crippen LogP contribution in [0.2, 0.25) is 0 Å². The van der Waals surface area contributed by atoms with Crippen LogP contribution in [0.25, 0.3) is 5.69 Å². The highest BCUT2D eigenvalue weighted by Crippen LogP contribution is 2.43. The third-order valence-electron chi connectivity index (χ3n) is 5.88. The minimum absolute atomic E-state index is 0.0457. The van der Waals surface area contributed by atoms with Crippen molar-refractivity contribution in [3.63, 3.8) is 0 Å². The molecule has 1 fully saturated rings. The maximum atomic E-state index is 11.6. The first-order valence-corrected chi connectivity index (χ1v) is 9.35. The minimum atomic E-state index is -0.862. The lowest BCUT2D eigenvalue weighted by molar-refractivity contribution is -0.137. The van der Waals surface area contributed by atoms with Crippen LogP contribution in [0.5, 0.6) is 0 Å². The average molecular weight is 369 g/mol. The molecule has 1 aliphatic rings. The zero-order valence-electron chi connectivity index (χ0n) is 16.9. The number of para-hydroxylation sites is 1. The van der Waals surface area contributed by atoms with E-state index in [0.29, 0.717) is 0 Å². The maximum absolute atomic E-state index is 11.6. The molecule has 0 bridgehead atoms. The number of nitrogens with zero attached hydrogens (tertiary/aromatic N) is 1. The van der Waals surface area contributed by atoms with E-state index in [4.69, 9.17) is 9.31 Å². The van der Waals surface area contributed by atoms with Crippen LogP contribution in [0.15, 0.2) is 36.4 Å². The molecule has 3 rings (SSSR count). The number of carboxylic acids is 1. The van der Waals surface area contributed by atoms with Crippen LogP contribution in [0.3, 0.4) is 0 Å². The molecule has 1 unspecified atom stereocenters. The predicted octanol–water partition coefficient (Wildman–Crippen LogP) is 4.28. The number of carboxylic acid groups (broad SMARTS) is 1. The first kappa shape index (κ1) is 19.7. The summed E-state index contributed by atoms with van der Waals surface area (Å²) >= 11 is 0. The van der Waals surface area contributed by atoms with E-state index in [1.165, 1.54) is 0 Å². The molecule has 6 heteroatoms. The fourth-order valence-corrected chi connectivity index (χ4v) is 3.73. The van der Waals surface area contributed by atoms with E-state index in [0.717, 1.165) is 22.6 Å². The predicted molar refractivity (Wildman–Crippen MR) is 106 cm³/mol. The van der Waals surface area contributed by atoms with Gasteiger partial charge in [-0.25, -0.2) is 0 Å². The Bertz CT molecular complexity index is 825. The fraction of sp³-hybridized carbons (Fsp3) is 0.476. The second-order valence-electron chi connectivity index (χ2n) is 8.33. The molecule has 144 valence electrons. The Morgan fingerprint density at radius 2 is 1.67 bits per heavy atom. The van der Waals surface area contributed by atoms with Crippen molar-refractivity contribution in [2.75, 3.05) is 0 Å². The number of aryl methyl sites for hydroxylation is 1. The highest BCUT2D eigenvalue weighted by molar-refractivity contribution is 6.48. The Morgan fingerprint density at radius 1 is 1.11 bits per heavy atom. The summed E-state index contributed by atoms with van der Waals surface area (Å²) in [4.78, 5) is 11.6. The zero-order valence-corrected chi connectivity index (χ0v) is 16.9. The number of hydrogen-bond donors (Lipinski definition) is 1. The fourth-order valence-electron chi connectivity index (χ4n) is 3.73. The standard InChI is InChI=1S/C21H28BNO4/c1-14-12-17(15(2)23(14)16-10-8-7-9-11-16)18(13-19(24)25)22-26-20(3,4)21(5,6)27-22/h7-12,18H,13H2,1-6H3,(H,24,25). The molecule has 27 heavy (non-hydrogen) atoms. The average Bonchev–Trinajstić information content (AvgIpc) is 2.97. The van der Waals surface area contributed by atoms with Gasteiger partial charge in [0.15, 0.2) is 0 Å². The van der Waals surface area contributed by atoms with Gasteiger partial charge in [0.1, 0.15) is 0 Å². The van der Waals surface area contributed by atoms with Crippen molar-refractivity contribution in [1.29, 1.82) is 0 Å². The Kier molecular flexibility index (Phi) is 4.99. The van der Waals surface area contributed by atoms with Gasteiger partial charge in [-0.05, 0) is 65.3 Å². The zero-order chi connectivity index (χ0) is 20.0. The Morgan fingerprint density at radius 3 is 2.19 bits per heavy atom. The molecule has 1 aliphatic heterocycles. The van der Waals surface area contributed by atoms with Crippen molar-refractivity contribution in [3.05, 3.63) is 53.3 Å². The van der Waals surface area contributed by atoms with Gasteiger partial charge in [-0.1, -0.05) is 18.2 Å². The molecule has 0 saturated carbocycles. The van der Waals surface area contributed by atoms with E-state index in [-0.39, 0.29) is 12.2 Å². The molecule has 5 nitrogen and oxygen atoms in total. The highest BCUT2D eigenvalue weighted by Gasteiger charge is 2.54. The summed E-state index contributed by atoms with van der Waals surface area (Å²) in [6, 6.07) is 12.1.